The molecule has 0 saturated heterocycles. The van der Waals surface area contributed by atoms with Crippen LogP contribution in [0.1, 0.15) is 219 Å². The van der Waals surface area contributed by atoms with Crippen LogP contribution in [0.3, 0.4) is 0 Å². The molecule has 8 nitrogen and oxygen atoms in total. The van der Waals surface area contributed by atoms with Crippen LogP contribution in [-0.4, -0.2) is 75.6 Å². The lowest BCUT2D eigenvalue weighted by Gasteiger charge is -2.24. The van der Waals surface area contributed by atoms with Crippen LogP contribution in [0.2, 0.25) is 0 Å². The first-order chi connectivity index (χ1) is 25.6. The molecule has 2 atom stereocenters. The minimum absolute atomic E-state index is 0.0936. The van der Waals surface area contributed by atoms with Crippen molar-refractivity contribution in [3.8, 4) is 0 Å². The van der Waals surface area contributed by atoms with Gasteiger partial charge >= 0.3 is 13.8 Å². The van der Waals surface area contributed by atoms with Crippen LogP contribution in [0.5, 0.6) is 0 Å². The molecule has 0 aromatic carbocycles. The molecule has 0 fully saturated rings. The summed E-state index contributed by atoms with van der Waals surface area (Å²) in [6.07, 6.45) is 40.1. The van der Waals surface area contributed by atoms with E-state index in [2.05, 4.69) is 13.8 Å². The monoisotopic (exact) mass is 777 g/mol. The molecule has 0 aromatic heterocycles. The molecule has 0 spiro atoms. The highest BCUT2D eigenvalue weighted by Crippen LogP contribution is 2.43. The smallest absolute Gasteiger partial charge is 0.457 e. The number of likely N-dealkylation sites (N-methyl/N-ethyl adjacent to an activating group) is 1. The van der Waals surface area contributed by atoms with E-state index < -0.39 is 13.9 Å². The maximum absolute atomic E-state index is 12.6. The van der Waals surface area contributed by atoms with E-state index in [9.17, 15) is 14.3 Å². The van der Waals surface area contributed by atoms with Gasteiger partial charge in [0.2, 0.25) is 0 Å². The van der Waals surface area contributed by atoms with Crippen LogP contribution < -0.4 is 0 Å². The van der Waals surface area contributed by atoms with Gasteiger partial charge in [-0.05, 0) is 12.8 Å². The van der Waals surface area contributed by atoms with Gasteiger partial charge in [-0.1, -0.05) is 200 Å². The molecule has 0 aliphatic heterocycles. The molecular formula is C44H91NO7P+. The first kappa shape index (κ1) is 52.5. The third kappa shape index (κ3) is 42.5. The number of carbonyl (C=O) groups excluding carboxylic acids is 1. The van der Waals surface area contributed by atoms with Crippen molar-refractivity contribution >= 4 is 13.8 Å². The molecule has 2 unspecified atom stereocenters. The van der Waals surface area contributed by atoms with Gasteiger partial charge in [-0.25, -0.2) is 4.57 Å². The Bertz CT molecular complexity index is 822. The summed E-state index contributed by atoms with van der Waals surface area (Å²) < 4.78 is 34.9. The van der Waals surface area contributed by atoms with E-state index in [4.69, 9.17) is 18.5 Å². The highest BCUT2D eigenvalue weighted by atomic mass is 31.2. The van der Waals surface area contributed by atoms with Gasteiger partial charge in [0.15, 0.2) is 0 Å². The fourth-order valence-corrected chi connectivity index (χ4v) is 7.35. The van der Waals surface area contributed by atoms with Gasteiger partial charge in [0.1, 0.15) is 19.3 Å². The van der Waals surface area contributed by atoms with Gasteiger partial charge in [0.05, 0.1) is 34.4 Å². The third-order valence-electron chi connectivity index (χ3n) is 10.2. The number of ether oxygens (including phenoxy) is 2. The second-order valence-electron chi connectivity index (χ2n) is 16.8. The van der Waals surface area contributed by atoms with Crippen LogP contribution >= 0.6 is 7.82 Å². The molecule has 0 aromatic rings. The van der Waals surface area contributed by atoms with Gasteiger partial charge in [-0.3, -0.25) is 13.8 Å². The predicted octanol–water partition coefficient (Wildman–Crippen LogP) is 13.3. The highest BCUT2D eigenvalue weighted by molar-refractivity contribution is 7.47. The van der Waals surface area contributed by atoms with E-state index in [1.165, 1.54) is 167 Å². The van der Waals surface area contributed by atoms with Gasteiger partial charge in [-0.15, -0.1) is 0 Å². The van der Waals surface area contributed by atoms with Crippen LogP contribution in [0.4, 0.5) is 0 Å². The Kier molecular flexibility index (Phi) is 38.0. The fourth-order valence-electron chi connectivity index (χ4n) is 6.61. The van der Waals surface area contributed by atoms with Gasteiger partial charge in [0, 0.05) is 13.0 Å². The number of unbranched alkanes of at least 4 members (excludes halogenated alkanes) is 29. The third-order valence-corrected chi connectivity index (χ3v) is 11.2. The number of rotatable bonds is 43. The summed E-state index contributed by atoms with van der Waals surface area (Å²) in [5.74, 6) is -0.312. The molecule has 53 heavy (non-hydrogen) atoms. The minimum Gasteiger partial charge on any atom is -0.457 e. The second-order valence-corrected chi connectivity index (χ2v) is 18.3. The number of hydrogen-bond acceptors (Lipinski definition) is 6. The number of quaternary nitrogens is 1. The van der Waals surface area contributed by atoms with E-state index in [1.807, 2.05) is 21.1 Å². The Balaban J connectivity index is 4.01. The van der Waals surface area contributed by atoms with Crippen LogP contribution in [0, 0.1) is 0 Å². The molecule has 0 rings (SSSR count). The van der Waals surface area contributed by atoms with E-state index >= 15 is 0 Å². The van der Waals surface area contributed by atoms with Crippen molar-refractivity contribution in [2.24, 2.45) is 0 Å². The number of nitrogens with zero attached hydrogens (tertiary/aromatic N) is 1. The maximum Gasteiger partial charge on any atom is 0.472 e. The maximum atomic E-state index is 12.6. The molecule has 0 amide bonds. The van der Waals surface area contributed by atoms with Crippen molar-refractivity contribution in [3.05, 3.63) is 0 Å². The van der Waals surface area contributed by atoms with E-state index in [0.717, 1.165) is 32.1 Å². The molecule has 0 heterocycles. The molecule has 318 valence electrons. The molecule has 0 aliphatic carbocycles. The quantitative estimate of drug-likeness (QED) is 0.0285. The summed E-state index contributed by atoms with van der Waals surface area (Å²) in [5.41, 5.74) is 0. The Morgan fingerprint density at radius 3 is 1.25 bits per heavy atom. The molecular weight excluding hydrogens is 685 g/mol. The standard InChI is InChI=1S/C44H90NO7P/c1-6-8-10-12-14-16-17-18-19-20-21-22-23-24-25-26-27-28-30-32-34-36-39-49-41-43(42-51-53(47,48)50-40-38-45(3,4)5)52-44(46)37-35-33-31-29-15-13-11-9-7-2/h43H,6-42H2,1-5H3/p+1. The second kappa shape index (κ2) is 38.4. The first-order valence-corrected chi connectivity index (χ1v) is 24.3. The van der Waals surface area contributed by atoms with E-state index in [-0.39, 0.29) is 25.8 Å². The normalized spacial score (nSPS) is 13.7. The molecule has 9 heteroatoms. The lowest BCUT2D eigenvalue weighted by atomic mass is 10.0. The highest BCUT2D eigenvalue weighted by Gasteiger charge is 2.26. The molecule has 0 saturated carbocycles. The number of carbonyl (C=O) groups is 1. The Hall–Kier alpha value is -0.500. The minimum atomic E-state index is -4.26. The van der Waals surface area contributed by atoms with Crippen molar-refractivity contribution in [2.75, 3.05) is 54.1 Å². The zero-order valence-electron chi connectivity index (χ0n) is 36.0. The average Bonchev–Trinajstić information content (AvgIpc) is 3.11. The van der Waals surface area contributed by atoms with Gasteiger partial charge in [0.25, 0.3) is 0 Å². The van der Waals surface area contributed by atoms with Crippen molar-refractivity contribution in [2.45, 2.75) is 225 Å². The molecule has 0 bridgehead atoms. The van der Waals surface area contributed by atoms with E-state index in [1.54, 1.807) is 0 Å². The molecule has 1 N–H and O–H groups in total. The van der Waals surface area contributed by atoms with Gasteiger partial charge < -0.3 is 18.9 Å². The van der Waals surface area contributed by atoms with Gasteiger partial charge in [-0.2, -0.15) is 0 Å². The molecule has 0 aliphatic rings. The van der Waals surface area contributed by atoms with Crippen molar-refractivity contribution in [1.82, 2.24) is 0 Å². The zero-order chi connectivity index (χ0) is 39.1. The summed E-state index contributed by atoms with van der Waals surface area (Å²) >= 11 is 0. The summed E-state index contributed by atoms with van der Waals surface area (Å²) in [4.78, 5) is 22.8. The van der Waals surface area contributed by atoms with Crippen molar-refractivity contribution in [3.63, 3.8) is 0 Å². The zero-order valence-corrected chi connectivity index (χ0v) is 36.9. The summed E-state index contributed by atoms with van der Waals surface area (Å²) in [5, 5.41) is 0. The van der Waals surface area contributed by atoms with E-state index in [0.29, 0.717) is 24.1 Å². The Labute approximate surface area is 329 Å². The number of esters is 1. The number of hydrogen-bond donors (Lipinski definition) is 1. The van der Waals surface area contributed by atoms with Crippen LogP contribution in [0.25, 0.3) is 0 Å². The Morgan fingerprint density at radius 1 is 0.509 bits per heavy atom. The SMILES string of the molecule is CCCCCCCCCCCCCCCCCCCCCCCCOCC(COP(=O)(O)OCC[N+](C)(C)C)OC(=O)CCCCCCCCCCC. The van der Waals surface area contributed by atoms with Crippen LogP contribution in [-0.2, 0) is 27.9 Å². The number of phosphoric ester groups is 1. The first-order valence-electron chi connectivity index (χ1n) is 22.8. The largest absolute Gasteiger partial charge is 0.472 e. The van der Waals surface area contributed by atoms with Crippen LogP contribution in [0.15, 0.2) is 0 Å². The fraction of sp³-hybridized carbons (Fsp3) is 0.977. The Morgan fingerprint density at radius 2 is 0.868 bits per heavy atom. The topological polar surface area (TPSA) is 91.3 Å². The summed E-state index contributed by atoms with van der Waals surface area (Å²) in [6.45, 7) is 5.66. The lowest BCUT2D eigenvalue weighted by Crippen LogP contribution is -2.37. The summed E-state index contributed by atoms with van der Waals surface area (Å²) in [6, 6.07) is 0. The summed E-state index contributed by atoms with van der Waals surface area (Å²) in [7, 11) is 1.68. The van der Waals surface area contributed by atoms with Crippen molar-refractivity contribution in [1.29, 1.82) is 0 Å². The lowest BCUT2D eigenvalue weighted by molar-refractivity contribution is -0.870. The predicted molar refractivity (Wildman–Crippen MR) is 224 cm³/mol. The average molecular weight is 777 g/mol. The van der Waals surface area contributed by atoms with Crippen molar-refractivity contribution < 1.29 is 37.3 Å². The number of phosphoric acid groups is 1. The molecule has 0 radical (unpaired) electrons.